The van der Waals surface area contributed by atoms with Gasteiger partial charge >= 0.3 is 11.9 Å². The first kappa shape index (κ1) is 18.8. The van der Waals surface area contributed by atoms with Crippen LogP contribution < -0.4 is 15.6 Å². The van der Waals surface area contributed by atoms with Crippen molar-refractivity contribution in [2.75, 3.05) is 19.1 Å². The summed E-state index contributed by atoms with van der Waals surface area (Å²) in [6.07, 6.45) is 0. The highest BCUT2D eigenvalue weighted by molar-refractivity contribution is 6.36. The second-order valence-corrected chi connectivity index (χ2v) is 4.98. The van der Waals surface area contributed by atoms with Gasteiger partial charge in [0.2, 0.25) is 5.84 Å². The largest absolute Gasteiger partial charge is 0.497 e. The number of hydrogen-bond acceptors (Lipinski definition) is 6. The van der Waals surface area contributed by atoms with Crippen LogP contribution >= 0.6 is 0 Å². The smallest absolute Gasteiger partial charge is 0.375 e. The maximum atomic E-state index is 12.1. The molecule has 0 aliphatic carbocycles. The molecule has 0 aliphatic rings. The van der Waals surface area contributed by atoms with Gasteiger partial charge in [-0.05, 0) is 43.3 Å². The molecular weight excluding hydrogens is 338 g/mol. The SMILES string of the molecule is CCOC(=O)C(=Nc1ccccc1C(=O)O)NNc1ccc(OC)cc1. The number of nitrogens with zero attached hydrogens (tertiary/aromatic N) is 1. The van der Waals surface area contributed by atoms with E-state index in [1.54, 1.807) is 50.4 Å². The zero-order valence-corrected chi connectivity index (χ0v) is 14.4. The summed E-state index contributed by atoms with van der Waals surface area (Å²) >= 11 is 0. The molecular formula is C18H19N3O5. The van der Waals surface area contributed by atoms with Gasteiger partial charge in [-0.2, -0.15) is 0 Å². The van der Waals surface area contributed by atoms with E-state index in [0.29, 0.717) is 11.4 Å². The van der Waals surface area contributed by atoms with Crippen molar-refractivity contribution in [1.82, 2.24) is 5.43 Å². The van der Waals surface area contributed by atoms with Crippen molar-refractivity contribution in [3.8, 4) is 5.75 Å². The monoisotopic (exact) mass is 357 g/mol. The minimum absolute atomic E-state index is 0.0273. The minimum Gasteiger partial charge on any atom is -0.497 e. The maximum absolute atomic E-state index is 12.1. The standard InChI is InChI=1S/C18H19N3O5/c1-3-26-18(24)16(19-15-7-5-4-6-14(15)17(22)23)21-20-12-8-10-13(25-2)11-9-12/h4-11,20H,3H2,1-2H3,(H,19,21)(H,22,23). The number of carbonyl (C=O) groups is 2. The average molecular weight is 357 g/mol. The highest BCUT2D eigenvalue weighted by Gasteiger charge is 2.15. The van der Waals surface area contributed by atoms with Gasteiger partial charge < -0.3 is 14.6 Å². The number of benzene rings is 2. The third kappa shape index (κ3) is 4.97. The lowest BCUT2D eigenvalue weighted by molar-refractivity contribution is -0.135. The molecule has 0 saturated carbocycles. The Bertz CT molecular complexity index is 803. The first-order valence-corrected chi connectivity index (χ1v) is 7.79. The molecule has 0 radical (unpaired) electrons. The lowest BCUT2D eigenvalue weighted by atomic mass is 10.2. The molecule has 0 atom stereocenters. The summed E-state index contributed by atoms with van der Waals surface area (Å²) in [5, 5.41) is 9.24. The minimum atomic E-state index is -1.14. The lowest BCUT2D eigenvalue weighted by Crippen LogP contribution is -2.36. The van der Waals surface area contributed by atoms with E-state index in [0.717, 1.165) is 0 Å². The Morgan fingerprint density at radius 2 is 1.81 bits per heavy atom. The number of aromatic carboxylic acids is 1. The zero-order valence-electron chi connectivity index (χ0n) is 14.4. The molecule has 2 aromatic rings. The molecule has 0 aromatic heterocycles. The molecule has 0 amide bonds. The normalized spacial score (nSPS) is 10.8. The van der Waals surface area contributed by atoms with Crippen LogP contribution in [0.1, 0.15) is 17.3 Å². The predicted molar refractivity (Wildman–Crippen MR) is 96.9 cm³/mol. The Morgan fingerprint density at radius 3 is 2.42 bits per heavy atom. The van der Waals surface area contributed by atoms with Crippen molar-refractivity contribution in [3.05, 3.63) is 54.1 Å². The average Bonchev–Trinajstić information content (AvgIpc) is 2.65. The Balaban J connectivity index is 2.25. The summed E-state index contributed by atoms with van der Waals surface area (Å²) in [6.45, 7) is 1.82. The quantitative estimate of drug-likeness (QED) is 0.315. The first-order chi connectivity index (χ1) is 12.5. The molecule has 8 heteroatoms. The Morgan fingerprint density at radius 1 is 1.12 bits per heavy atom. The summed E-state index contributed by atoms with van der Waals surface area (Å²) in [7, 11) is 1.56. The Labute approximate surface area is 150 Å². The van der Waals surface area contributed by atoms with Crippen LogP contribution in [0.25, 0.3) is 0 Å². The summed E-state index contributed by atoms with van der Waals surface area (Å²) in [5.41, 5.74) is 6.24. The number of nitrogens with one attached hydrogen (secondary N) is 2. The van der Waals surface area contributed by atoms with Gasteiger partial charge in [0, 0.05) is 0 Å². The number of carbonyl (C=O) groups excluding carboxylic acids is 1. The number of hydrogen-bond donors (Lipinski definition) is 3. The van der Waals surface area contributed by atoms with Crippen molar-refractivity contribution in [2.45, 2.75) is 6.92 Å². The molecule has 0 heterocycles. The van der Waals surface area contributed by atoms with E-state index < -0.39 is 11.9 Å². The van der Waals surface area contributed by atoms with Gasteiger partial charge in [-0.3, -0.25) is 10.9 Å². The number of carboxylic acids is 1. The van der Waals surface area contributed by atoms with Crippen LogP contribution in [0.4, 0.5) is 11.4 Å². The summed E-state index contributed by atoms with van der Waals surface area (Å²) in [5.74, 6) is -1.34. The van der Waals surface area contributed by atoms with Crippen molar-refractivity contribution in [1.29, 1.82) is 0 Å². The van der Waals surface area contributed by atoms with E-state index in [1.165, 1.54) is 12.1 Å². The lowest BCUT2D eigenvalue weighted by Gasteiger charge is -2.12. The fourth-order valence-corrected chi connectivity index (χ4v) is 2.00. The summed E-state index contributed by atoms with van der Waals surface area (Å²) in [6, 6.07) is 13.1. The van der Waals surface area contributed by atoms with Gasteiger partial charge in [-0.15, -0.1) is 0 Å². The van der Waals surface area contributed by atoms with E-state index in [1.807, 2.05) is 0 Å². The molecule has 2 aromatic carbocycles. The van der Waals surface area contributed by atoms with Gasteiger partial charge in [0.15, 0.2) is 0 Å². The highest BCUT2D eigenvalue weighted by atomic mass is 16.5. The number of para-hydroxylation sites is 1. The third-order valence-electron chi connectivity index (χ3n) is 3.25. The number of esters is 1. The van der Waals surface area contributed by atoms with Gasteiger partial charge in [0.1, 0.15) is 5.75 Å². The van der Waals surface area contributed by atoms with Crippen LogP contribution in [-0.4, -0.2) is 36.6 Å². The van der Waals surface area contributed by atoms with Gasteiger partial charge in [0.25, 0.3) is 0 Å². The number of aliphatic imine (C=N–C) groups is 1. The van der Waals surface area contributed by atoms with E-state index in [9.17, 15) is 14.7 Å². The molecule has 26 heavy (non-hydrogen) atoms. The topological polar surface area (TPSA) is 109 Å². The highest BCUT2D eigenvalue weighted by Crippen LogP contribution is 2.19. The van der Waals surface area contributed by atoms with E-state index in [-0.39, 0.29) is 23.7 Å². The molecule has 0 bridgehead atoms. The number of rotatable bonds is 6. The van der Waals surface area contributed by atoms with E-state index in [4.69, 9.17) is 9.47 Å². The number of amidine groups is 1. The van der Waals surface area contributed by atoms with Crippen LogP contribution in [0.3, 0.4) is 0 Å². The maximum Gasteiger partial charge on any atom is 0.375 e. The predicted octanol–water partition coefficient (Wildman–Crippen LogP) is 2.60. The molecule has 0 aliphatic heterocycles. The van der Waals surface area contributed by atoms with Crippen molar-refractivity contribution in [3.63, 3.8) is 0 Å². The molecule has 0 spiro atoms. The number of ether oxygens (including phenoxy) is 2. The number of hydrazine groups is 1. The van der Waals surface area contributed by atoms with Crippen molar-refractivity contribution < 1.29 is 24.2 Å². The molecule has 8 nitrogen and oxygen atoms in total. The van der Waals surface area contributed by atoms with Crippen LogP contribution in [-0.2, 0) is 9.53 Å². The van der Waals surface area contributed by atoms with E-state index >= 15 is 0 Å². The molecule has 0 unspecified atom stereocenters. The van der Waals surface area contributed by atoms with Gasteiger partial charge in [-0.1, -0.05) is 12.1 Å². The second-order valence-electron chi connectivity index (χ2n) is 4.98. The summed E-state index contributed by atoms with van der Waals surface area (Å²) in [4.78, 5) is 27.5. The van der Waals surface area contributed by atoms with Crippen molar-refractivity contribution in [2.24, 2.45) is 4.99 Å². The van der Waals surface area contributed by atoms with Gasteiger partial charge in [0.05, 0.1) is 30.7 Å². The second kappa shape index (κ2) is 9.07. The molecule has 136 valence electrons. The van der Waals surface area contributed by atoms with Crippen LogP contribution in [0.2, 0.25) is 0 Å². The Kier molecular flexibility index (Phi) is 6.55. The molecule has 2 rings (SSSR count). The van der Waals surface area contributed by atoms with Crippen LogP contribution in [0.15, 0.2) is 53.5 Å². The van der Waals surface area contributed by atoms with Gasteiger partial charge in [-0.25, -0.2) is 14.6 Å². The summed E-state index contributed by atoms with van der Waals surface area (Å²) < 4.78 is 10.0. The fourth-order valence-electron chi connectivity index (χ4n) is 2.00. The molecule has 0 saturated heterocycles. The Hall–Kier alpha value is -3.55. The fraction of sp³-hybridized carbons (Fsp3) is 0.167. The van der Waals surface area contributed by atoms with E-state index in [2.05, 4.69) is 15.8 Å². The third-order valence-corrected chi connectivity index (χ3v) is 3.25. The molecule has 3 N–H and O–H groups in total. The number of carboxylic acid groups (broad SMARTS) is 1. The van der Waals surface area contributed by atoms with Crippen LogP contribution in [0, 0.1) is 0 Å². The molecule has 0 fully saturated rings. The number of anilines is 1. The van der Waals surface area contributed by atoms with Crippen molar-refractivity contribution >= 4 is 29.1 Å². The number of methoxy groups -OCH3 is 1. The van der Waals surface area contributed by atoms with Crippen LogP contribution in [0.5, 0.6) is 5.75 Å². The first-order valence-electron chi connectivity index (χ1n) is 7.79. The zero-order chi connectivity index (χ0) is 18.9.